The second kappa shape index (κ2) is 71.9. The molecule has 0 aliphatic carbocycles. The predicted octanol–water partition coefficient (Wildman–Crippen LogP) is -3.46. The summed E-state index contributed by atoms with van der Waals surface area (Å²) in [5, 5.41) is 0. The van der Waals surface area contributed by atoms with Gasteiger partial charge in [-0.1, -0.05) is 0 Å². The molecule has 7 heteroatoms. The first kappa shape index (κ1) is 102. The van der Waals surface area contributed by atoms with Crippen molar-refractivity contribution in [3.8, 4) is 0 Å². The van der Waals surface area contributed by atoms with Gasteiger partial charge < -0.3 is 24.8 Å². The van der Waals surface area contributed by atoms with E-state index in [1.165, 1.54) is 0 Å². The normalized spacial score (nSPS) is 0. The van der Waals surface area contributed by atoms with E-state index in [1.807, 2.05) is 0 Å². The Hall–Kier alpha value is 2.66. The molecule has 4 nitrogen and oxygen atoms in total. The molecule has 0 unspecified atom stereocenters. The Kier molecular flexibility index (Phi) is 1050. The van der Waals surface area contributed by atoms with E-state index in [0.717, 1.165) is 0 Å². The Balaban J connectivity index is 0. The van der Waals surface area contributed by atoms with Crippen LogP contribution in [0.25, 0.3) is 0 Å². The third kappa shape index (κ3) is 54.3. The van der Waals surface area contributed by atoms with Crippen molar-refractivity contribution < 1.29 is 63.8 Å². The van der Waals surface area contributed by atoms with Crippen LogP contribution >= 0.6 is 0 Å². The Morgan fingerprint density at radius 1 is 0.714 bits per heavy atom. The van der Waals surface area contributed by atoms with E-state index in [1.54, 1.807) is 0 Å². The molecule has 0 aromatic heterocycles. The first-order chi connectivity index (χ1) is 0. The van der Waals surface area contributed by atoms with Crippen molar-refractivity contribution in [2.45, 2.75) is 0 Å². The van der Waals surface area contributed by atoms with Gasteiger partial charge in [-0.3, -0.25) is 0 Å². The van der Waals surface area contributed by atoms with Crippen molar-refractivity contribution in [3.05, 3.63) is 0 Å². The van der Waals surface area contributed by atoms with Gasteiger partial charge >= 0.3 is 48.9 Å². The van der Waals surface area contributed by atoms with Crippen molar-refractivity contribution in [2.24, 2.45) is 0 Å². The molecule has 0 spiro atoms. The van der Waals surface area contributed by atoms with E-state index in [0.29, 0.717) is 0 Å². The number of hydrogen-bond donors (Lipinski definition) is 0. The molecule has 0 atom stereocenters. The zero-order chi connectivity index (χ0) is 0. The Bertz CT molecular complexity index is 18.5. The summed E-state index contributed by atoms with van der Waals surface area (Å²) in [6.45, 7) is 0. The summed E-state index contributed by atoms with van der Waals surface area (Å²) < 4.78 is 0. The Morgan fingerprint density at radius 2 is 0.714 bits per heavy atom. The van der Waals surface area contributed by atoms with E-state index < -0.39 is 0 Å². The first-order valence-electron chi connectivity index (χ1n) is 0. The monoisotopic (exact) mass is 312 g/mol. The summed E-state index contributed by atoms with van der Waals surface area (Å²) in [6, 6.07) is 0. The van der Waals surface area contributed by atoms with Crippen LogP contribution in [0.15, 0.2) is 0 Å². The molecule has 0 aliphatic rings. The van der Waals surface area contributed by atoms with Crippen LogP contribution in [0.2, 0.25) is 0 Å². The average Bonchev–Trinajstić information content (AvgIpc) is 0. The van der Waals surface area contributed by atoms with E-state index >= 15 is 0 Å². The van der Waals surface area contributed by atoms with Crippen LogP contribution in [0, 0.1) is 0 Å². The van der Waals surface area contributed by atoms with Gasteiger partial charge in [0.15, 0.2) is 0 Å². The van der Waals surface area contributed by atoms with Crippen LogP contribution in [0.3, 0.4) is 0 Å². The predicted molar refractivity (Wildman–Crippen MR) is 22.4 cm³/mol. The third-order valence-corrected chi connectivity index (χ3v) is 0. The molecule has 0 rings (SSSR count). The van der Waals surface area contributed by atoms with Crippen molar-refractivity contribution in [3.63, 3.8) is 0 Å². The molecule has 0 radical (unpaired) electrons. The molecule has 0 saturated carbocycles. The minimum absolute atomic E-state index is 0. The van der Waals surface area contributed by atoms with Crippen LogP contribution < -0.4 is 0 Å². The molecule has 0 aromatic carbocycles. The van der Waals surface area contributed by atoms with Gasteiger partial charge in [0.2, 0.25) is 0 Å². The molecular formula is H10BaCrO4Ti. The summed E-state index contributed by atoms with van der Waals surface area (Å²) in [5.41, 5.74) is 0. The minimum Gasteiger partial charge on any atom is -1.00 e. The van der Waals surface area contributed by atoms with Gasteiger partial charge in [0, 0.05) is 39.1 Å². The van der Waals surface area contributed by atoms with Gasteiger partial charge in [-0.15, -0.1) is 0 Å². The van der Waals surface area contributed by atoms with Crippen LogP contribution in [0.1, 0.15) is 2.85 Å². The smallest absolute Gasteiger partial charge is 1.00 e. The van der Waals surface area contributed by atoms with Crippen molar-refractivity contribution in [1.29, 1.82) is 0 Å². The van der Waals surface area contributed by atoms with Crippen molar-refractivity contribution in [1.82, 2.24) is 0 Å². The summed E-state index contributed by atoms with van der Waals surface area (Å²) >= 11 is 0. The second-order valence-electron chi connectivity index (χ2n) is 0. The maximum Gasteiger partial charge on any atom is 2.00 e. The third-order valence-electron chi connectivity index (χ3n) is 0. The summed E-state index contributed by atoms with van der Waals surface area (Å²) in [6.07, 6.45) is 0. The molecule has 7 heavy (non-hydrogen) atoms. The second-order valence-corrected chi connectivity index (χ2v) is 0. The van der Waals surface area contributed by atoms with Gasteiger partial charge in [-0.25, -0.2) is 0 Å². The minimum atomic E-state index is 0. The van der Waals surface area contributed by atoms with Crippen LogP contribution in [0.4, 0.5) is 0 Å². The average molecular weight is 311 g/mol. The molecule has 0 bridgehead atoms. The maximum atomic E-state index is 0. The fourth-order valence-electron chi connectivity index (χ4n) is 0. The fourth-order valence-corrected chi connectivity index (χ4v) is 0. The Morgan fingerprint density at radius 3 is 0.714 bits per heavy atom. The SMILES string of the molecule is O.O.O.O.[Ba+2].[Cr].[H-].[H-].[Ti]. The van der Waals surface area contributed by atoms with Crippen LogP contribution in [0.5, 0.6) is 0 Å². The molecule has 0 aliphatic heterocycles. The van der Waals surface area contributed by atoms with Crippen molar-refractivity contribution >= 4 is 48.9 Å². The zero-order valence-corrected chi connectivity index (χ0v) is 10.9. The fraction of sp³-hybridized carbons (Fsp3) is 0. The molecule has 8 N–H and O–H groups in total. The summed E-state index contributed by atoms with van der Waals surface area (Å²) in [7, 11) is 0. The van der Waals surface area contributed by atoms with E-state index in [9.17, 15) is 0 Å². The molecule has 0 aromatic rings. The van der Waals surface area contributed by atoms with Crippen molar-refractivity contribution in [2.75, 3.05) is 0 Å². The standard InChI is InChI=1S/Ba.Cr.4H2O.Ti.2H/h;;4*1H2;;;/q+2;;;;;;;2*-1. The zero-order valence-electron chi connectivity index (χ0n) is 5.62. The Labute approximate surface area is 111 Å². The maximum absolute atomic E-state index is 0. The molecule has 46 valence electrons. The molecular weight excluding hydrogens is 301 g/mol. The van der Waals surface area contributed by atoms with E-state index in [2.05, 4.69) is 0 Å². The number of hydrogen-bond acceptors (Lipinski definition) is 0. The van der Waals surface area contributed by atoms with Gasteiger partial charge in [0.25, 0.3) is 0 Å². The van der Waals surface area contributed by atoms with Gasteiger partial charge in [0.05, 0.1) is 0 Å². The van der Waals surface area contributed by atoms with Crippen LogP contribution in [-0.4, -0.2) is 70.8 Å². The van der Waals surface area contributed by atoms with E-state index in [-0.39, 0.29) is 113 Å². The quantitative estimate of drug-likeness (QED) is 0.412. The van der Waals surface area contributed by atoms with E-state index in [4.69, 9.17) is 0 Å². The largest absolute Gasteiger partial charge is 2.00 e. The van der Waals surface area contributed by atoms with Gasteiger partial charge in [-0.05, 0) is 0 Å². The molecule has 0 amide bonds. The van der Waals surface area contributed by atoms with Gasteiger partial charge in [0.1, 0.15) is 0 Å². The number of rotatable bonds is 0. The molecule has 0 saturated heterocycles. The first-order valence-corrected chi connectivity index (χ1v) is 0. The summed E-state index contributed by atoms with van der Waals surface area (Å²) in [4.78, 5) is 0. The summed E-state index contributed by atoms with van der Waals surface area (Å²) in [5.74, 6) is 0. The van der Waals surface area contributed by atoms with Gasteiger partial charge in [-0.2, -0.15) is 0 Å². The van der Waals surface area contributed by atoms with Crippen LogP contribution in [-0.2, 0) is 39.1 Å². The topological polar surface area (TPSA) is 126 Å². The molecule has 0 heterocycles. The molecule has 0 fully saturated rings.